The van der Waals surface area contributed by atoms with Crippen molar-refractivity contribution in [2.45, 2.75) is 0 Å². The van der Waals surface area contributed by atoms with Gasteiger partial charge in [-0.05, 0) is 52.3 Å². The fraction of sp³-hybridized carbons (Fsp3) is 0.0769. The van der Waals surface area contributed by atoms with E-state index in [-0.39, 0.29) is 5.78 Å². The van der Waals surface area contributed by atoms with Gasteiger partial charge in [-0.15, -0.1) is 11.3 Å². The van der Waals surface area contributed by atoms with Gasteiger partial charge >= 0.3 is 0 Å². The Kier molecular flexibility index (Phi) is 3.93. The van der Waals surface area contributed by atoms with Gasteiger partial charge in [0.15, 0.2) is 0 Å². The second-order valence-electron chi connectivity index (χ2n) is 3.70. The molecule has 0 atom stereocenters. The predicted octanol–water partition coefficient (Wildman–Crippen LogP) is 3.33. The van der Waals surface area contributed by atoms with Crippen LogP contribution in [0.4, 0.5) is 5.69 Å². The Morgan fingerprint density at radius 3 is 2.39 bits per heavy atom. The van der Waals surface area contributed by atoms with Gasteiger partial charge in [-0.2, -0.15) is 0 Å². The van der Waals surface area contributed by atoms with Gasteiger partial charge in [0.25, 0.3) is 0 Å². The quantitative estimate of drug-likeness (QED) is 0.639. The summed E-state index contributed by atoms with van der Waals surface area (Å²) in [4.78, 5) is 24.9. The smallest absolute Gasteiger partial charge is 0.213 e. The van der Waals surface area contributed by atoms with Crippen LogP contribution in [-0.2, 0) is 4.79 Å². The molecule has 2 aromatic rings. The summed E-state index contributed by atoms with van der Waals surface area (Å²) >= 11 is 4.74. The Bertz CT molecular complexity index is 577. The number of halogens is 1. The maximum atomic E-state index is 12.1. The van der Waals surface area contributed by atoms with Crippen LogP contribution in [0.25, 0.3) is 0 Å². The summed E-state index contributed by atoms with van der Waals surface area (Å²) in [7, 11) is 1.67. The van der Waals surface area contributed by atoms with Crippen LogP contribution in [0.2, 0.25) is 0 Å². The van der Waals surface area contributed by atoms with Crippen molar-refractivity contribution in [3.05, 3.63) is 50.6 Å². The molecule has 1 amide bonds. The lowest BCUT2D eigenvalue weighted by molar-refractivity contribution is -0.107. The van der Waals surface area contributed by atoms with Crippen molar-refractivity contribution in [3.8, 4) is 0 Å². The third kappa shape index (κ3) is 2.68. The molecule has 0 saturated heterocycles. The molecule has 0 spiro atoms. The van der Waals surface area contributed by atoms with E-state index in [1.54, 1.807) is 37.4 Å². The summed E-state index contributed by atoms with van der Waals surface area (Å²) in [6, 6.07) is 10.6. The Balaban J connectivity index is 2.24. The number of hydrogen-bond acceptors (Lipinski definition) is 3. The van der Waals surface area contributed by atoms with Gasteiger partial charge < -0.3 is 4.90 Å². The molecular weight excluding hydrogens is 314 g/mol. The van der Waals surface area contributed by atoms with Crippen LogP contribution < -0.4 is 4.90 Å². The summed E-state index contributed by atoms with van der Waals surface area (Å²) in [6.07, 6.45) is 0.729. The maximum absolute atomic E-state index is 12.1. The standard InChI is InChI=1S/C13H10BrNO2S/c1-15(8-16)10-4-2-9(3-5-10)13(17)11-6-7-12(14)18-11/h2-8H,1H3. The lowest BCUT2D eigenvalue weighted by Gasteiger charge is -2.10. The minimum atomic E-state index is -0.00833. The first kappa shape index (κ1) is 13.0. The number of thiophene rings is 1. The first-order valence-electron chi connectivity index (χ1n) is 5.20. The Hall–Kier alpha value is -1.46. The molecular formula is C13H10BrNO2S. The third-order valence-corrected chi connectivity index (χ3v) is 4.11. The Labute approximate surface area is 117 Å². The molecule has 0 bridgehead atoms. The van der Waals surface area contributed by atoms with E-state index in [1.807, 2.05) is 6.07 Å². The zero-order chi connectivity index (χ0) is 13.1. The second kappa shape index (κ2) is 5.46. The van der Waals surface area contributed by atoms with Crippen molar-refractivity contribution in [1.29, 1.82) is 0 Å². The van der Waals surface area contributed by atoms with Crippen LogP contribution in [0.5, 0.6) is 0 Å². The number of hydrogen-bond donors (Lipinski definition) is 0. The largest absolute Gasteiger partial charge is 0.318 e. The summed E-state index contributed by atoms with van der Waals surface area (Å²) in [6.45, 7) is 0. The van der Waals surface area contributed by atoms with Crippen LogP contribution >= 0.6 is 27.3 Å². The van der Waals surface area contributed by atoms with Gasteiger partial charge in [0.1, 0.15) is 0 Å². The summed E-state index contributed by atoms with van der Waals surface area (Å²) in [5.74, 6) is -0.00833. The molecule has 0 N–H and O–H groups in total. The topological polar surface area (TPSA) is 37.4 Å². The maximum Gasteiger partial charge on any atom is 0.213 e. The fourth-order valence-corrected chi connectivity index (χ4v) is 2.84. The van der Waals surface area contributed by atoms with Gasteiger partial charge in [-0.3, -0.25) is 9.59 Å². The molecule has 0 saturated carbocycles. The molecule has 0 unspecified atom stereocenters. The molecule has 0 aliphatic heterocycles. The number of rotatable bonds is 4. The molecule has 1 heterocycles. The average molecular weight is 324 g/mol. The fourth-order valence-electron chi connectivity index (χ4n) is 1.49. The second-order valence-corrected chi connectivity index (χ2v) is 6.16. The number of nitrogens with zero attached hydrogens (tertiary/aromatic N) is 1. The summed E-state index contributed by atoms with van der Waals surface area (Å²) in [5.41, 5.74) is 1.38. The molecule has 5 heteroatoms. The number of ketones is 1. The van der Waals surface area contributed by atoms with Crippen LogP contribution in [0.15, 0.2) is 40.2 Å². The lowest BCUT2D eigenvalue weighted by Crippen LogP contribution is -2.13. The molecule has 0 aliphatic carbocycles. The summed E-state index contributed by atoms with van der Waals surface area (Å²) in [5, 5.41) is 0. The van der Waals surface area contributed by atoms with Crippen LogP contribution in [-0.4, -0.2) is 19.2 Å². The molecule has 0 fully saturated rings. The third-order valence-electron chi connectivity index (χ3n) is 2.49. The molecule has 0 aliphatic rings. The van der Waals surface area contributed by atoms with Crippen molar-refractivity contribution in [3.63, 3.8) is 0 Å². The lowest BCUT2D eigenvalue weighted by atomic mass is 10.1. The van der Waals surface area contributed by atoms with Gasteiger partial charge in [-0.1, -0.05) is 0 Å². The van der Waals surface area contributed by atoms with E-state index < -0.39 is 0 Å². The Morgan fingerprint density at radius 1 is 1.22 bits per heavy atom. The Morgan fingerprint density at radius 2 is 1.89 bits per heavy atom. The van der Waals surface area contributed by atoms with Gasteiger partial charge in [-0.25, -0.2) is 0 Å². The number of carbonyl (C=O) groups excluding carboxylic acids is 2. The number of amides is 1. The monoisotopic (exact) mass is 323 g/mol. The van der Waals surface area contributed by atoms with Crippen LogP contribution in [0, 0.1) is 0 Å². The van der Waals surface area contributed by atoms with E-state index in [1.165, 1.54) is 16.2 Å². The number of benzene rings is 1. The number of anilines is 1. The van der Waals surface area contributed by atoms with Crippen molar-refractivity contribution in [1.82, 2.24) is 0 Å². The van der Waals surface area contributed by atoms with Gasteiger partial charge in [0.05, 0.1) is 8.66 Å². The van der Waals surface area contributed by atoms with Crippen LogP contribution in [0.1, 0.15) is 15.2 Å². The molecule has 18 heavy (non-hydrogen) atoms. The number of carbonyl (C=O) groups is 2. The molecule has 3 nitrogen and oxygen atoms in total. The highest BCUT2D eigenvalue weighted by Gasteiger charge is 2.11. The molecule has 92 valence electrons. The minimum Gasteiger partial charge on any atom is -0.318 e. The van der Waals surface area contributed by atoms with E-state index in [4.69, 9.17) is 0 Å². The molecule has 1 aromatic heterocycles. The zero-order valence-electron chi connectivity index (χ0n) is 9.59. The van der Waals surface area contributed by atoms with E-state index in [0.29, 0.717) is 10.4 Å². The van der Waals surface area contributed by atoms with Crippen molar-refractivity contribution in [2.24, 2.45) is 0 Å². The van der Waals surface area contributed by atoms with E-state index in [2.05, 4.69) is 15.9 Å². The first-order chi connectivity index (χ1) is 8.61. The summed E-state index contributed by atoms with van der Waals surface area (Å²) < 4.78 is 0.933. The van der Waals surface area contributed by atoms with Gasteiger partial charge in [0, 0.05) is 18.3 Å². The van der Waals surface area contributed by atoms with E-state index in [9.17, 15) is 9.59 Å². The van der Waals surface area contributed by atoms with E-state index >= 15 is 0 Å². The average Bonchev–Trinajstić information content (AvgIpc) is 2.84. The predicted molar refractivity (Wildman–Crippen MR) is 76.4 cm³/mol. The SMILES string of the molecule is CN(C=O)c1ccc(C(=O)c2ccc(Br)s2)cc1. The first-order valence-corrected chi connectivity index (χ1v) is 6.81. The van der Waals surface area contributed by atoms with Crippen molar-refractivity contribution in [2.75, 3.05) is 11.9 Å². The highest BCUT2D eigenvalue weighted by Crippen LogP contribution is 2.25. The van der Waals surface area contributed by atoms with Gasteiger partial charge in [0.2, 0.25) is 12.2 Å². The molecule has 1 aromatic carbocycles. The normalized spacial score (nSPS) is 10.1. The highest BCUT2D eigenvalue weighted by atomic mass is 79.9. The van der Waals surface area contributed by atoms with Crippen molar-refractivity contribution >= 4 is 45.1 Å². The highest BCUT2D eigenvalue weighted by molar-refractivity contribution is 9.11. The molecule has 0 radical (unpaired) electrons. The zero-order valence-corrected chi connectivity index (χ0v) is 12.0. The van der Waals surface area contributed by atoms with Crippen LogP contribution in [0.3, 0.4) is 0 Å². The van der Waals surface area contributed by atoms with Crippen molar-refractivity contribution < 1.29 is 9.59 Å². The minimum absolute atomic E-state index is 0.00833. The van der Waals surface area contributed by atoms with E-state index in [0.717, 1.165) is 15.9 Å². The molecule has 2 rings (SSSR count).